The number of amides is 2. The Kier molecular flexibility index (Phi) is 6.73. The Morgan fingerprint density at radius 2 is 2.17 bits per heavy atom. The van der Waals surface area contributed by atoms with Crippen LogP contribution >= 0.6 is 0 Å². The average Bonchev–Trinajstić information content (AvgIpc) is 2.91. The normalized spacial score (nSPS) is 20.4. The van der Waals surface area contributed by atoms with E-state index in [0.29, 0.717) is 25.6 Å². The summed E-state index contributed by atoms with van der Waals surface area (Å²) < 4.78 is 0. The van der Waals surface area contributed by atoms with Gasteiger partial charge in [-0.25, -0.2) is 0 Å². The molecule has 0 aromatic carbocycles. The third kappa shape index (κ3) is 5.30. The molecule has 0 unspecified atom stereocenters. The number of carbonyl (C=O) groups excluding carboxylic acids is 2. The first-order valence-corrected chi connectivity index (χ1v) is 8.63. The van der Waals surface area contributed by atoms with Crippen LogP contribution in [0.1, 0.15) is 32.4 Å². The van der Waals surface area contributed by atoms with Crippen molar-refractivity contribution < 1.29 is 9.59 Å². The van der Waals surface area contributed by atoms with Gasteiger partial charge in [0.1, 0.15) is 0 Å². The third-order valence-corrected chi connectivity index (χ3v) is 4.46. The van der Waals surface area contributed by atoms with Gasteiger partial charge in [-0.1, -0.05) is 19.4 Å². The molecule has 2 amide bonds. The second-order valence-corrected chi connectivity index (χ2v) is 6.64. The quantitative estimate of drug-likeness (QED) is 0.817. The summed E-state index contributed by atoms with van der Waals surface area (Å²) in [4.78, 5) is 32.0. The molecule has 6 heteroatoms. The molecule has 0 aliphatic carbocycles. The molecular formula is C18H28N4O2. The fraction of sp³-hybridized carbons (Fsp3) is 0.611. The van der Waals surface area contributed by atoms with E-state index in [2.05, 4.69) is 17.2 Å². The number of carbonyl (C=O) groups is 2. The van der Waals surface area contributed by atoms with Crippen LogP contribution in [-0.4, -0.2) is 59.3 Å². The first-order chi connectivity index (χ1) is 11.5. The molecule has 2 heterocycles. The van der Waals surface area contributed by atoms with E-state index in [1.165, 1.54) is 0 Å². The van der Waals surface area contributed by atoms with Crippen molar-refractivity contribution in [1.29, 1.82) is 0 Å². The minimum atomic E-state index is 0.00457. The molecule has 1 N–H and O–H groups in total. The van der Waals surface area contributed by atoms with E-state index >= 15 is 0 Å². The van der Waals surface area contributed by atoms with Crippen LogP contribution in [-0.2, 0) is 16.1 Å². The standard InChI is InChI=1S/C18H28N4O2/c1-4-7-15-10-22(14(2)23)12-17(15)20-18(24)13-21(3)11-16-8-5-6-9-19-16/h5-6,8-9,15,17H,4,7,10-13H2,1-3H3,(H,20,24)/t15-,17-/m1/s1. The second-order valence-electron chi connectivity index (χ2n) is 6.64. The molecule has 132 valence electrons. The lowest BCUT2D eigenvalue weighted by Crippen LogP contribution is -2.44. The highest BCUT2D eigenvalue weighted by Crippen LogP contribution is 2.21. The van der Waals surface area contributed by atoms with Crippen LogP contribution in [0.3, 0.4) is 0 Å². The van der Waals surface area contributed by atoms with E-state index in [-0.39, 0.29) is 17.9 Å². The third-order valence-electron chi connectivity index (χ3n) is 4.46. The van der Waals surface area contributed by atoms with Crippen molar-refractivity contribution in [2.75, 3.05) is 26.7 Å². The minimum absolute atomic E-state index is 0.00457. The predicted octanol–water partition coefficient (Wildman–Crippen LogP) is 1.28. The molecule has 1 saturated heterocycles. The summed E-state index contributed by atoms with van der Waals surface area (Å²) in [5.74, 6) is 0.439. The summed E-state index contributed by atoms with van der Waals surface area (Å²) in [7, 11) is 1.91. The monoisotopic (exact) mass is 332 g/mol. The maximum absolute atomic E-state index is 12.3. The summed E-state index contributed by atoms with van der Waals surface area (Å²) in [6, 6.07) is 5.84. The maximum atomic E-state index is 12.3. The van der Waals surface area contributed by atoms with Gasteiger partial charge in [-0.2, -0.15) is 0 Å². The lowest BCUT2D eigenvalue weighted by Gasteiger charge is -2.21. The summed E-state index contributed by atoms with van der Waals surface area (Å²) in [5, 5.41) is 3.12. The van der Waals surface area contributed by atoms with E-state index in [1.807, 2.05) is 35.0 Å². The van der Waals surface area contributed by atoms with E-state index in [1.54, 1.807) is 13.1 Å². The molecule has 1 aliphatic heterocycles. The van der Waals surface area contributed by atoms with Gasteiger partial charge >= 0.3 is 0 Å². The van der Waals surface area contributed by atoms with E-state index < -0.39 is 0 Å². The van der Waals surface area contributed by atoms with Crippen molar-refractivity contribution in [2.24, 2.45) is 5.92 Å². The first kappa shape index (κ1) is 18.4. The first-order valence-electron chi connectivity index (χ1n) is 8.63. The highest BCUT2D eigenvalue weighted by molar-refractivity contribution is 5.79. The van der Waals surface area contributed by atoms with Crippen molar-refractivity contribution in [3.8, 4) is 0 Å². The van der Waals surface area contributed by atoms with Crippen molar-refractivity contribution in [1.82, 2.24) is 20.1 Å². The van der Waals surface area contributed by atoms with E-state index in [4.69, 9.17) is 0 Å². The second kappa shape index (κ2) is 8.78. The van der Waals surface area contributed by atoms with Crippen LogP contribution in [0.25, 0.3) is 0 Å². The van der Waals surface area contributed by atoms with Gasteiger partial charge in [0, 0.05) is 32.8 Å². The Hall–Kier alpha value is -1.95. The molecule has 0 saturated carbocycles. The van der Waals surface area contributed by atoms with Gasteiger partial charge in [0.2, 0.25) is 11.8 Å². The molecule has 1 aromatic rings. The number of pyridine rings is 1. The molecule has 6 nitrogen and oxygen atoms in total. The van der Waals surface area contributed by atoms with Crippen molar-refractivity contribution in [2.45, 2.75) is 39.3 Å². The van der Waals surface area contributed by atoms with E-state index in [0.717, 1.165) is 25.1 Å². The largest absolute Gasteiger partial charge is 0.350 e. The molecule has 2 rings (SSSR count). The Morgan fingerprint density at radius 1 is 1.38 bits per heavy atom. The van der Waals surface area contributed by atoms with Gasteiger partial charge < -0.3 is 10.2 Å². The number of aromatic nitrogens is 1. The zero-order chi connectivity index (χ0) is 17.5. The van der Waals surface area contributed by atoms with Gasteiger partial charge in [0.15, 0.2) is 0 Å². The summed E-state index contributed by atoms with van der Waals surface area (Å²) >= 11 is 0. The number of hydrogen-bond acceptors (Lipinski definition) is 4. The molecule has 0 radical (unpaired) electrons. The highest BCUT2D eigenvalue weighted by Gasteiger charge is 2.34. The summed E-state index contributed by atoms with van der Waals surface area (Å²) in [6.45, 7) is 6.06. The fourth-order valence-corrected chi connectivity index (χ4v) is 3.28. The minimum Gasteiger partial charge on any atom is -0.350 e. The number of hydrogen-bond donors (Lipinski definition) is 1. The fourth-order valence-electron chi connectivity index (χ4n) is 3.28. The Balaban J connectivity index is 1.84. The zero-order valence-corrected chi connectivity index (χ0v) is 14.9. The number of likely N-dealkylation sites (N-methyl/N-ethyl adjacent to an activating group) is 1. The molecule has 0 spiro atoms. The number of nitrogens with zero attached hydrogens (tertiary/aromatic N) is 3. The van der Waals surface area contributed by atoms with Gasteiger partial charge in [-0.15, -0.1) is 0 Å². The smallest absolute Gasteiger partial charge is 0.234 e. The molecule has 0 bridgehead atoms. The number of rotatable bonds is 7. The van der Waals surface area contributed by atoms with Crippen molar-refractivity contribution in [3.05, 3.63) is 30.1 Å². The van der Waals surface area contributed by atoms with Gasteiger partial charge in [-0.05, 0) is 31.5 Å². The molecular weight excluding hydrogens is 304 g/mol. The summed E-state index contributed by atoms with van der Waals surface area (Å²) in [6.07, 6.45) is 3.84. The molecule has 2 atom stereocenters. The topological polar surface area (TPSA) is 65.5 Å². The highest BCUT2D eigenvalue weighted by atomic mass is 16.2. The average molecular weight is 332 g/mol. The van der Waals surface area contributed by atoms with Gasteiger partial charge in [0.25, 0.3) is 0 Å². The molecule has 1 aliphatic rings. The van der Waals surface area contributed by atoms with Crippen LogP contribution in [0.4, 0.5) is 0 Å². The molecule has 24 heavy (non-hydrogen) atoms. The zero-order valence-electron chi connectivity index (χ0n) is 14.9. The van der Waals surface area contributed by atoms with Crippen LogP contribution < -0.4 is 5.32 Å². The lowest BCUT2D eigenvalue weighted by molar-refractivity contribution is -0.128. The van der Waals surface area contributed by atoms with Crippen LogP contribution in [0.2, 0.25) is 0 Å². The SMILES string of the molecule is CCC[C@@H]1CN(C(C)=O)C[C@H]1NC(=O)CN(C)Cc1ccccn1. The summed E-state index contributed by atoms with van der Waals surface area (Å²) in [5.41, 5.74) is 0.945. The van der Waals surface area contributed by atoms with Crippen LogP contribution in [0.5, 0.6) is 0 Å². The van der Waals surface area contributed by atoms with Crippen molar-refractivity contribution >= 4 is 11.8 Å². The molecule has 1 fully saturated rings. The van der Waals surface area contributed by atoms with E-state index in [9.17, 15) is 9.59 Å². The maximum Gasteiger partial charge on any atom is 0.234 e. The lowest BCUT2D eigenvalue weighted by atomic mass is 9.98. The van der Waals surface area contributed by atoms with Crippen molar-refractivity contribution in [3.63, 3.8) is 0 Å². The predicted molar refractivity (Wildman–Crippen MR) is 93.2 cm³/mol. The Labute approximate surface area is 144 Å². The Morgan fingerprint density at radius 3 is 2.79 bits per heavy atom. The van der Waals surface area contributed by atoms with Crippen LogP contribution in [0, 0.1) is 5.92 Å². The number of likely N-dealkylation sites (tertiary alicyclic amines) is 1. The van der Waals surface area contributed by atoms with Gasteiger partial charge in [-0.3, -0.25) is 19.5 Å². The Bertz CT molecular complexity index is 549. The van der Waals surface area contributed by atoms with Gasteiger partial charge in [0.05, 0.1) is 18.3 Å². The molecule has 1 aromatic heterocycles. The van der Waals surface area contributed by atoms with Crippen LogP contribution in [0.15, 0.2) is 24.4 Å². The number of nitrogens with one attached hydrogen (secondary N) is 1.